The van der Waals surface area contributed by atoms with Gasteiger partial charge in [-0.05, 0) is 36.8 Å². The number of nitrogens with one attached hydrogen (secondary N) is 3. The van der Waals surface area contributed by atoms with Gasteiger partial charge in [0.15, 0.2) is 0 Å². The van der Waals surface area contributed by atoms with Gasteiger partial charge in [-0.25, -0.2) is 9.59 Å². The molecular formula is C20H15N3O5. The summed E-state index contributed by atoms with van der Waals surface area (Å²) >= 11 is 0. The second kappa shape index (κ2) is 6.34. The minimum Gasteiger partial charge on any atom is -0.422 e. The molecule has 8 heteroatoms. The van der Waals surface area contributed by atoms with Crippen LogP contribution in [-0.2, 0) is 10.3 Å². The third-order valence-electron chi connectivity index (χ3n) is 4.63. The molecule has 0 spiro atoms. The van der Waals surface area contributed by atoms with E-state index in [1.165, 1.54) is 6.07 Å². The zero-order valence-corrected chi connectivity index (χ0v) is 14.7. The molecule has 0 bridgehead atoms. The molecule has 4 rings (SSSR count). The first kappa shape index (κ1) is 17.5. The lowest BCUT2D eigenvalue weighted by Crippen LogP contribution is -2.40. The number of carbonyl (C=O) groups is 3. The van der Waals surface area contributed by atoms with Crippen molar-refractivity contribution in [1.82, 2.24) is 10.6 Å². The fourth-order valence-corrected chi connectivity index (χ4v) is 3.07. The van der Waals surface area contributed by atoms with E-state index in [1.807, 2.05) is 0 Å². The van der Waals surface area contributed by atoms with Gasteiger partial charge in [-0.15, -0.1) is 0 Å². The molecule has 0 unspecified atom stereocenters. The van der Waals surface area contributed by atoms with Crippen molar-refractivity contribution in [2.75, 3.05) is 5.32 Å². The molecule has 140 valence electrons. The maximum atomic E-state index is 12.6. The number of hydrogen-bond donors (Lipinski definition) is 3. The van der Waals surface area contributed by atoms with E-state index >= 15 is 0 Å². The first-order valence-corrected chi connectivity index (χ1v) is 8.45. The summed E-state index contributed by atoms with van der Waals surface area (Å²) in [6, 6.07) is 14.2. The Labute approximate surface area is 158 Å². The van der Waals surface area contributed by atoms with Crippen molar-refractivity contribution in [1.29, 1.82) is 0 Å². The lowest BCUT2D eigenvalue weighted by molar-refractivity contribution is -0.123. The molecule has 0 saturated carbocycles. The van der Waals surface area contributed by atoms with E-state index in [4.69, 9.17) is 4.42 Å². The second-order valence-corrected chi connectivity index (χ2v) is 6.55. The second-order valence-electron chi connectivity index (χ2n) is 6.55. The maximum Gasteiger partial charge on any atom is 0.349 e. The standard InChI is InChI=1S/C20H15N3O5/c1-20(18(26)22-19(27)23-20)12-6-4-7-13(10-12)21-16(24)14-9-11-5-2-3-8-15(11)28-17(14)25/h2-10H,1H3,(H,21,24)(H2,22,23,26,27)/t20-/m0/s1. The van der Waals surface area contributed by atoms with E-state index in [1.54, 1.807) is 55.5 Å². The van der Waals surface area contributed by atoms with Crippen LogP contribution in [0.4, 0.5) is 10.5 Å². The van der Waals surface area contributed by atoms with Crippen LogP contribution in [0.5, 0.6) is 0 Å². The van der Waals surface area contributed by atoms with Gasteiger partial charge >= 0.3 is 11.7 Å². The van der Waals surface area contributed by atoms with Crippen LogP contribution in [0.25, 0.3) is 11.0 Å². The van der Waals surface area contributed by atoms with Crippen LogP contribution in [0.2, 0.25) is 0 Å². The average Bonchev–Trinajstić information content (AvgIpc) is 2.94. The average molecular weight is 377 g/mol. The minimum atomic E-state index is -1.25. The van der Waals surface area contributed by atoms with Crippen LogP contribution >= 0.6 is 0 Å². The summed E-state index contributed by atoms with van der Waals surface area (Å²) in [5.41, 5.74) is -0.893. The van der Waals surface area contributed by atoms with E-state index in [0.717, 1.165) is 0 Å². The van der Waals surface area contributed by atoms with Gasteiger partial charge in [0.2, 0.25) is 0 Å². The normalized spacial score (nSPS) is 18.6. The number of amides is 4. The molecule has 28 heavy (non-hydrogen) atoms. The van der Waals surface area contributed by atoms with Crippen molar-refractivity contribution < 1.29 is 18.8 Å². The summed E-state index contributed by atoms with van der Waals surface area (Å²) < 4.78 is 5.18. The monoisotopic (exact) mass is 377 g/mol. The highest BCUT2D eigenvalue weighted by Crippen LogP contribution is 2.26. The predicted molar refractivity (Wildman–Crippen MR) is 101 cm³/mol. The number of fused-ring (bicyclic) bond motifs is 1. The Morgan fingerprint density at radius 2 is 1.82 bits per heavy atom. The Morgan fingerprint density at radius 3 is 2.57 bits per heavy atom. The molecule has 3 N–H and O–H groups in total. The number of benzene rings is 2. The highest BCUT2D eigenvalue weighted by atomic mass is 16.4. The highest BCUT2D eigenvalue weighted by molar-refractivity contribution is 6.08. The molecular weight excluding hydrogens is 362 g/mol. The minimum absolute atomic E-state index is 0.137. The Balaban J connectivity index is 1.64. The van der Waals surface area contributed by atoms with Gasteiger partial charge in [0.05, 0.1) is 0 Å². The fraction of sp³-hybridized carbons (Fsp3) is 0.100. The maximum absolute atomic E-state index is 12.6. The van der Waals surface area contributed by atoms with Crippen molar-refractivity contribution in [3.05, 3.63) is 76.1 Å². The zero-order valence-electron chi connectivity index (χ0n) is 14.7. The molecule has 0 aliphatic carbocycles. The number of carbonyl (C=O) groups excluding carboxylic acids is 3. The highest BCUT2D eigenvalue weighted by Gasteiger charge is 2.43. The first-order valence-electron chi connectivity index (χ1n) is 8.45. The van der Waals surface area contributed by atoms with Crippen LogP contribution in [0.1, 0.15) is 22.8 Å². The van der Waals surface area contributed by atoms with Crippen molar-refractivity contribution >= 4 is 34.5 Å². The number of urea groups is 1. The molecule has 2 aromatic carbocycles. The Morgan fingerprint density at radius 1 is 1.04 bits per heavy atom. The van der Waals surface area contributed by atoms with Crippen LogP contribution in [0.3, 0.4) is 0 Å². The van der Waals surface area contributed by atoms with E-state index < -0.39 is 29.0 Å². The van der Waals surface area contributed by atoms with Gasteiger partial charge in [0, 0.05) is 11.1 Å². The van der Waals surface area contributed by atoms with Gasteiger partial charge in [-0.1, -0.05) is 30.3 Å². The quantitative estimate of drug-likeness (QED) is 0.477. The van der Waals surface area contributed by atoms with Gasteiger partial charge < -0.3 is 15.1 Å². The van der Waals surface area contributed by atoms with Gasteiger partial charge in [-0.3, -0.25) is 14.9 Å². The summed E-state index contributed by atoms with van der Waals surface area (Å²) in [6.45, 7) is 1.56. The SMILES string of the molecule is C[C@@]1(c2cccc(NC(=O)c3cc4ccccc4oc3=O)c2)NC(=O)NC1=O. The molecule has 1 atom stereocenters. The smallest absolute Gasteiger partial charge is 0.349 e. The lowest BCUT2D eigenvalue weighted by atomic mass is 9.92. The molecule has 3 aromatic rings. The third kappa shape index (κ3) is 2.90. The number of para-hydroxylation sites is 1. The topological polar surface area (TPSA) is 118 Å². The lowest BCUT2D eigenvalue weighted by Gasteiger charge is -2.21. The molecule has 1 fully saturated rings. The van der Waals surface area contributed by atoms with E-state index in [2.05, 4.69) is 16.0 Å². The molecule has 0 radical (unpaired) electrons. The van der Waals surface area contributed by atoms with Crippen molar-refractivity contribution in [3.63, 3.8) is 0 Å². The Kier molecular flexibility index (Phi) is 3.96. The summed E-state index contributed by atoms with van der Waals surface area (Å²) in [7, 11) is 0. The Hall–Kier alpha value is -3.94. The van der Waals surface area contributed by atoms with Crippen LogP contribution in [0.15, 0.2) is 63.8 Å². The summed E-state index contributed by atoms with van der Waals surface area (Å²) in [4.78, 5) is 48.3. The van der Waals surface area contributed by atoms with Gasteiger partial charge in [0.1, 0.15) is 16.7 Å². The molecule has 4 amide bonds. The van der Waals surface area contributed by atoms with Crippen LogP contribution in [0, 0.1) is 0 Å². The summed E-state index contributed by atoms with van der Waals surface area (Å²) in [6.07, 6.45) is 0. The molecule has 1 aliphatic heterocycles. The van der Waals surface area contributed by atoms with Crippen LogP contribution in [-0.4, -0.2) is 17.8 Å². The number of rotatable bonds is 3. The van der Waals surface area contributed by atoms with E-state index in [9.17, 15) is 19.2 Å². The van der Waals surface area contributed by atoms with Crippen molar-refractivity contribution in [2.24, 2.45) is 0 Å². The van der Waals surface area contributed by atoms with Gasteiger partial charge in [-0.2, -0.15) is 0 Å². The molecule has 1 aliphatic rings. The van der Waals surface area contributed by atoms with Gasteiger partial charge in [0.25, 0.3) is 11.8 Å². The van der Waals surface area contributed by atoms with Crippen molar-refractivity contribution in [3.8, 4) is 0 Å². The fourth-order valence-electron chi connectivity index (χ4n) is 3.07. The largest absolute Gasteiger partial charge is 0.422 e. The van der Waals surface area contributed by atoms with E-state index in [-0.39, 0.29) is 5.56 Å². The molecule has 2 heterocycles. The van der Waals surface area contributed by atoms with E-state index in [0.29, 0.717) is 22.2 Å². The summed E-state index contributed by atoms with van der Waals surface area (Å²) in [5.74, 6) is -1.13. The molecule has 1 aromatic heterocycles. The number of hydrogen-bond acceptors (Lipinski definition) is 5. The van der Waals surface area contributed by atoms with Crippen molar-refractivity contribution in [2.45, 2.75) is 12.5 Å². The molecule has 1 saturated heterocycles. The third-order valence-corrected chi connectivity index (χ3v) is 4.63. The molecule has 8 nitrogen and oxygen atoms in total. The predicted octanol–water partition coefficient (Wildman–Crippen LogP) is 2.10. The summed E-state index contributed by atoms with van der Waals surface area (Å²) in [5, 5.41) is 8.00. The number of anilines is 1. The Bertz CT molecular complexity index is 1200. The van der Waals surface area contributed by atoms with Crippen LogP contribution < -0.4 is 21.6 Å². The number of imide groups is 1. The first-order chi connectivity index (χ1) is 13.4. The zero-order chi connectivity index (χ0) is 19.9.